The molecule has 0 aromatic rings. The average Bonchev–Trinajstić information content (AvgIpc) is 3.35. The van der Waals surface area contributed by atoms with Crippen molar-refractivity contribution in [2.24, 2.45) is 11.8 Å². The number of carbonyl (C=O) groups is 4. The Morgan fingerprint density at radius 3 is 1.23 bits per heavy atom. The van der Waals surface area contributed by atoms with Gasteiger partial charge < -0.3 is 21.3 Å². The largest absolute Gasteiger partial charge is 0.325 e. The molecule has 8 atom stereocenters. The van der Waals surface area contributed by atoms with Gasteiger partial charge in [-0.05, 0) is 79.1 Å². The lowest BCUT2D eigenvalue weighted by molar-refractivity contribution is -0.139. The fraction of sp³-hybridized carbons (Fsp3) is 0.882. The zero-order valence-corrected chi connectivity index (χ0v) is 29.2. The van der Waals surface area contributed by atoms with Crippen LogP contribution in [-0.2, 0) is 9.59 Å². The third-order valence-corrected chi connectivity index (χ3v) is 12.8. The number of piperidine rings is 2. The molecule has 8 unspecified atom stereocenters. The van der Waals surface area contributed by atoms with Gasteiger partial charge in [0.05, 0.1) is 0 Å². The summed E-state index contributed by atoms with van der Waals surface area (Å²) in [6.45, 7) is 22.1. The number of amides is 6. The number of rotatable bonds is 11. The Morgan fingerprint density at radius 2 is 0.932 bits per heavy atom. The van der Waals surface area contributed by atoms with E-state index in [1.54, 1.807) is 0 Å². The third-order valence-electron chi connectivity index (χ3n) is 12.8. The van der Waals surface area contributed by atoms with Gasteiger partial charge in [0.2, 0.25) is 0 Å². The van der Waals surface area contributed by atoms with Crippen molar-refractivity contribution in [3.63, 3.8) is 0 Å². The molecule has 44 heavy (non-hydrogen) atoms. The molecular weight excluding hydrogens is 556 g/mol. The minimum absolute atomic E-state index is 0.0541. The van der Waals surface area contributed by atoms with E-state index in [0.29, 0.717) is 38.8 Å². The van der Waals surface area contributed by atoms with E-state index in [4.69, 9.17) is 0 Å². The monoisotopic (exact) mass is 616 g/mol. The van der Waals surface area contributed by atoms with Crippen LogP contribution in [0.3, 0.4) is 0 Å². The van der Waals surface area contributed by atoms with E-state index in [1.807, 2.05) is 0 Å². The van der Waals surface area contributed by atoms with Crippen molar-refractivity contribution in [2.45, 2.75) is 167 Å². The number of carbonyl (C=O) groups excluding carboxylic acids is 4. The van der Waals surface area contributed by atoms with E-state index in [9.17, 15) is 19.2 Å². The first kappa shape index (κ1) is 34.7. The number of urea groups is 2. The summed E-state index contributed by atoms with van der Waals surface area (Å²) >= 11 is 0. The van der Waals surface area contributed by atoms with Crippen LogP contribution in [-0.4, -0.2) is 80.0 Å². The summed E-state index contributed by atoms with van der Waals surface area (Å²) in [7, 11) is 0. The van der Waals surface area contributed by atoms with Gasteiger partial charge in [0.1, 0.15) is 11.1 Å². The fourth-order valence-corrected chi connectivity index (χ4v) is 8.94. The molecule has 2 spiro atoms. The number of unbranched alkanes of at least 4 members (excludes halogenated alkanes) is 3. The van der Waals surface area contributed by atoms with Crippen molar-refractivity contribution in [1.29, 1.82) is 0 Å². The number of nitrogens with one attached hydrogen (secondary N) is 4. The predicted octanol–water partition coefficient (Wildman–Crippen LogP) is 5.06. The molecule has 0 aromatic heterocycles. The lowest BCUT2D eigenvalue weighted by Gasteiger charge is -2.56. The molecule has 250 valence electrons. The predicted molar refractivity (Wildman–Crippen MR) is 173 cm³/mol. The van der Waals surface area contributed by atoms with Gasteiger partial charge in [-0.3, -0.25) is 19.4 Å². The second-order valence-electron chi connectivity index (χ2n) is 15.5. The zero-order chi connectivity index (χ0) is 32.9. The first-order valence-electron chi connectivity index (χ1n) is 17.3. The van der Waals surface area contributed by atoms with Crippen LogP contribution in [0, 0.1) is 11.8 Å². The van der Waals surface area contributed by atoms with E-state index in [2.05, 4.69) is 90.5 Å². The summed E-state index contributed by atoms with van der Waals surface area (Å²) in [5.41, 5.74) is -2.82. The highest BCUT2D eigenvalue weighted by Crippen LogP contribution is 2.47. The van der Waals surface area contributed by atoms with Gasteiger partial charge in [0.15, 0.2) is 0 Å². The number of hydrogen-bond acceptors (Lipinski definition) is 6. The molecule has 4 rings (SSSR count). The average molecular weight is 617 g/mol. The normalized spacial score (nSPS) is 42.5. The maximum atomic E-state index is 13.9. The molecular formula is C34H60N6O4. The van der Waals surface area contributed by atoms with E-state index in [1.165, 1.54) is 9.80 Å². The molecule has 4 N–H and O–H groups in total. The minimum Gasteiger partial charge on any atom is -0.323 e. The summed E-state index contributed by atoms with van der Waals surface area (Å²) in [5, 5.41) is 13.9. The van der Waals surface area contributed by atoms with Crippen LogP contribution in [0.2, 0.25) is 0 Å². The molecule has 0 aliphatic carbocycles. The van der Waals surface area contributed by atoms with Gasteiger partial charge in [-0.15, -0.1) is 0 Å². The highest BCUT2D eigenvalue weighted by Gasteiger charge is 2.65. The summed E-state index contributed by atoms with van der Waals surface area (Å²) in [5.74, 6) is -0.312. The van der Waals surface area contributed by atoms with Crippen molar-refractivity contribution >= 4 is 23.9 Å². The standard InChI is InChI=1S/C34H60N6O4/c1-11-29(7)21-33(23(5)31(9,13-3)37-29)25(41)39(27(43)35-33)19-17-15-16-18-20-40-26(42)34(36-28(40)44)22-30(8,12-2)38-32(10,14-4)24(34)6/h23-24,37-38H,11-22H2,1-10H3,(H,35,43)(H,36,44). The molecule has 0 bridgehead atoms. The quantitative estimate of drug-likeness (QED) is 0.190. The molecule has 0 saturated carbocycles. The Morgan fingerprint density at radius 1 is 0.591 bits per heavy atom. The highest BCUT2D eigenvalue weighted by atomic mass is 16.2. The van der Waals surface area contributed by atoms with Crippen LogP contribution >= 0.6 is 0 Å². The van der Waals surface area contributed by atoms with Crippen LogP contribution in [0.4, 0.5) is 9.59 Å². The van der Waals surface area contributed by atoms with Gasteiger partial charge in [-0.1, -0.05) is 54.4 Å². The molecule has 4 aliphatic rings. The Kier molecular flexibility index (Phi) is 9.35. The van der Waals surface area contributed by atoms with Gasteiger partial charge in [0, 0.05) is 47.1 Å². The molecule has 10 heteroatoms. The van der Waals surface area contributed by atoms with E-state index in [-0.39, 0.29) is 57.9 Å². The summed E-state index contributed by atoms with van der Waals surface area (Å²) in [6, 6.07) is -0.584. The lowest BCUT2D eigenvalue weighted by atomic mass is 9.61. The topological polar surface area (TPSA) is 123 Å². The Hall–Kier alpha value is -2.20. The fourth-order valence-electron chi connectivity index (χ4n) is 8.94. The van der Waals surface area contributed by atoms with E-state index in [0.717, 1.165) is 38.5 Å². The van der Waals surface area contributed by atoms with E-state index >= 15 is 0 Å². The van der Waals surface area contributed by atoms with Crippen molar-refractivity contribution in [3.05, 3.63) is 0 Å². The SMILES string of the molecule is CCC1(C)CC2(NC(=O)N(CCCCCCN3C(=O)NC4(CC(C)(CC)NC(C)(CC)C4C)C3=O)C2=O)C(C)C(C)(CC)N1. The molecule has 4 heterocycles. The molecule has 0 radical (unpaired) electrons. The summed E-state index contributed by atoms with van der Waals surface area (Å²) in [4.78, 5) is 57.0. The number of hydrogen-bond donors (Lipinski definition) is 4. The van der Waals surface area contributed by atoms with Gasteiger partial charge in [-0.25, -0.2) is 9.59 Å². The van der Waals surface area contributed by atoms with Gasteiger partial charge in [0.25, 0.3) is 11.8 Å². The molecule has 4 fully saturated rings. The molecule has 4 aliphatic heterocycles. The Labute approximate surface area is 265 Å². The van der Waals surface area contributed by atoms with Crippen LogP contribution in [0.1, 0.15) is 133 Å². The highest BCUT2D eigenvalue weighted by molar-refractivity contribution is 6.08. The zero-order valence-electron chi connectivity index (χ0n) is 29.2. The van der Waals surface area contributed by atoms with Crippen molar-refractivity contribution in [2.75, 3.05) is 13.1 Å². The van der Waals surface area contributed by atoms with E-state index < -0.39 is 11.1 Å². The number of imide groups is 2. The lowest BCUT2D eigenvalue weighted by Crippen LogP contribution is -2.74. The third kappa shape index (κ3) is 5.46. The number of nitrogens with zero attached hydrogens (tertiary/aromatic N) is 2. The van der Waals surface area contributed by atoms with Crippen LogP contribution in [0.15, 0.2) is 0 Å². The second-order valence-corrected chi connectivity index (χ2v) is 15.5. The molecule has 4 saturated heterocycles. The first-order valence-corrected chi connectivity index (χ1v) is 17.3. The van der Waals surface area contributed by atoms with Gasteiger partial charge in [-0.2, -0.15) is 0 Å². The van der Waals surface area contributed by atoms with Crippen LogP contribution in [0.5, 0.6) is 0 Å². The van der Waals surface area contributed by atoms with Crippen molar-refractivity contribution in [1.82, 2.24) is 31.1 Å². The smallest absolute Gasteiger partial charge is 0.323 e. The summed E-state index contributed by atoms with van der Waals surface area (Å²) in [6.07, 6.45) is 7.58. The molecule has 10 nitrogen and oxygen atoms in total. The molecule has 6 amide bonds. The minimum atomic E-state index is -0.898. The van der Waals surface area contributed by atoms with Crippen LogP contribution < -0.4 is 21.3 Å². The maximum Gasteiger partial charge on any atom is 0.325 e. The van der Waals surface area contributed by atoms with Crippen LogP contribution in [0.25, 0.3) is 0 Å². The first-order chi connectivity index (χ1) is 20.4. The summed E-state index contributed by atoms with van der Waals surface area (Å²) < 4.78 is 0. The Bertz CT molecular complexity index is 1080. The van der Waals surface area contributed by atoms with Crippen molar-refractivity contribution < 1.29 is 19.2 Å². The maximum absolute atomic E-state index is 13.9. The molecule has 0 aromatic carbocycles. The van der Waals surface area contributed by atoms with Gasteiger partial charge >= 0.3 is 12.1 Å². The Balaban J connectivity index is 1.33. The van der Waals surface area contributed by atoms with Crippen molar-refractivity contribution in [3.8, 4) is 0 Å². The second kappa shape index (κ2) is 11.9.